The molecule has 1 rings (SSSR count). The molecule has 0 aromatic heterocycles. The fourth-order valence-electron chi connectivity index (χ4n) is 2.18. The van der Waals surface area contributed by atoms with E-state index in [9.17, 15) is 29.4 Å². The largest absolute Gasteiger partial charge is 0.548 e. The molecule has 0 aliphatic rings. The number of rotatable bonds is 9. The maximum absolute atomic E-state index is 12.2. The molecule has 0 aliphatic heterocycles. The number of quaternary nitrogens is 1. The van der Waals surface area contributed by atoms with Gasteiger partial charge in [0.05, 0.1) is 12.0 Å². The second kappa shape index (κ2) is 10.3. The Kier molecular flexibility index (Phi) is 8.39. The highest BCUT2D eigenvalue weighted by Gasteiger charge is 2.24. The molecule has 0 radical (unpaired) electrons. The summed E-state index contributed by atoms with van der Waals surface area (Å²) < 4.78 is 0. The van der Waals surface area contributed by atoms with Gasteiger partial charge in [-0.05, 0) is 44.9 Å². The van der Waals surface area contributed by atoms with Crippen LogP contribution in [0.15, 0.2) is 24.3 Å². The van der Waals surface area contributed by atoms with Crippen molar-refractivity contribution >= 4 is 23.7 Å². The summed E-state index contributed by atoms with van der Waals surface area (Å²) in [4.78, 5) is 47.2. The number of hydrogen-bond donors (Lipinski definition) is 5. The molecule has 10 heteroatoms. The highest BCUT2D eigenvalue weighted by molar-refractivity contribution is 5.93. The van der Waals surface area contributed by atoms with Gasteiger partial charge in [0.25, 0.3) is 5.91 Å². The van der Waals surface area contributed by atoms with Gasteiger partial charge in [-0.3, -0.25) is 14.4 Å². The van der Waals surface area contributed by atoms with Gasteiger partial charge in [0.1, 0.15) is 17.8 Å². The number of nitrogens with one attached hydrogen (secondary N) is 3. The normalized spacial score (nSPS) is 14.9. The van der Waals surface area contributed by atoms with Crippen LogP contribution < -0.4 is 26.8 Å². The molecule has 3 amide bonds. The fraction of sp³-hybridized carbons (Fsp3) is 0.444. The highest BCUT2D eigenvalue weighted by atomic mass is 16.4. The maximum Gasteiger partial charge on any atom is 0.278 e. The molecule has 4 atom stereocenters. The first kappa shape index (κ1) is 22.9. The number of aromatic hydroxyl groups is 1. The maximum atomic E-state index is 12.2. The van der Waals surface area contributed by atoms with Crippen molar-refractivity contribution in [1.82, 2.24) is 16.0 Å². The van der Waals surface area contributed by atoms with E-state index >= 15 is 0 Å². The quantitative estimate of drug-likeness (QED) is 0.295. The predicted molar refractivity (Wildman–Crippen MR) is 96.3 cm³/mol. The van der Waals surface area contributed by atoms with Gasteiger partial charge in [-0.25, -0.2) is 0 Å². The van der Waals surface area contributed by atoms with Crippen molar-refractivity contribution in [1.29, 1.82) is 0 Å². The van der Waals surface area contributed by atoms with Crippen LogP contribution in [0.5, 0.6) is 5.75 Å². The van der Waals surface area contributed by atoms with Gasteiger partial charge in [-0.15, -0.1) is 0 Å². The summed E-state index contributed by atoms with van der Waals surface area (Å²) >= 11 is 0. The monoisotopic (exact) mass is 394 g/mol. The summed E-state index contributed by atoms with van der Waals surface area (Å²) in [6.07, 6.45) is -0.0527. The van der Waals surface area contributed by atoms with Crippen molar-refractivity contribution in [2.45, 2.75) is 51.4 Å². The van der Waals surface area contributed by atoms with Crippen molar-refractivity contribution in [3.63, 3.8) is 0 Å². The summed E-state index contributed by atoms with van der Waals surface area (Å²) in [7, 11) is 0. The topological polar surface area (TPSA) is 175 Å². The summed E-state index contributed by atoms with van der Waals surface area (Å²) in [5, 5.41) is 27.8. The lowest BCUT2D eigenvalue weighted by molar-refractivity contribution is -0.398. The third-order valence-corrected chi connectivity index (χ3v) is 3.93. The molecule has 0 aliphatic carbocycles. The Balaban J connectivity index is 2.64. The summed E-state index contributed by atoms with van der Waals surface area (Å²) in [6, 6.07) is 2.06. The summed E-state index contributed by atoms with van der Waals surface area (Å²) in [5.41, 5.74) is 4.12. The molecule has 0 fully saturated rings. The van der Waals surface area contributed by atoms with Crippen molar-refractivity contribution in [3.05, 3.63) is 29.8 Å². The molecule has 7 N–H and O–H groups in total. The number of hydrogen-bond acceptors (Lipinski definition) is 6. The smallest absolute Gasteiger partial charge is 0.278 e. The molecule has 10 nitrogen and oxygen atoms in total. The lowest BCUT2D eigenvalue weighted by Gasteiger charge is -2.23. The van der Waals surface area contributed by atoms with Gasteiger partial charge in [0, 0.05) is 0 Å². The van der Waals surface area contributed by atoms with Crippen LogP contribution in [0.4, 0.5) is 0 Å². The Bertz CT molecular complexity index is 719. The fourth-order valence-corrected chi connectivity index (χ4v) is 2.18. The lowest BCUT2D eigenvalue weighted by Crippen LogP contribution is -2.67. The summed E-state index contributed by atoms with van der Waals surface area (Å²) in [6.45, 7) is 4.41. The highest BCUT2D eigenvalue weighted by Crippen LogP contribution is 2.11. The third kappa shape index (κ3) is 7.23. The van der Waals surface area contributed by atoms with Gasteiger partial charge < -0.3 is 36.7 Å². The number of phenols is 1. The van der Waals surface area contributed by atoms with Crippen LogP contribution in [0, 0.1) is 0 Å². The number of carboxylic acids is 1. The van der Waals surface area contributed by atoms with Gasteiger partial charge in [0.15, 0.2) is 6.04 Å². The molecule has 0 bridgehead atoms. The van der Waals surface area contributed by atoms with Crippen LogP contribution in [0.2, 0.25) is 0 Å². The van der Waals surface area contributed by atoms with E-state index in [1.807, 2.05) is 0 Å². The first-order valence-corrected chi connectivity index (χ1v) is 8.74. The molecule has 1 aromatic rings. The van der Waals surface area contributed by atoms with Crippen LogP contribution >= 0.6 is 0 Å². The van der Waals surface area contributed by atoms with Gasteiger partial charge in [0.2, 0.25) is 11.8 Å². The Hall–Kier alpha value is -3.14. The van der Waals surface area contributed by atoms with Crippen LogP contribution in [0.3, 0.4) is 0 Å². The lowest BCUT2D eigenvalue weighted by atomic mass is 10.1. The minimum absolute atomic E-state index is 0.0311. The number of carbonyl (C=O) groups is 4. The Morgan fingerprint density at radius 1 is 0.929 bits per heavy atom. The van der Waals surface area contributed by atoms with Crippen LogP contribution in [-0.2, 0) is 25.6 Å². The first-order chi connectivity index (χ1) is 13.0. The van der Waals surface area contributed by atoms with E-state index in [-0.39, 0.29) is 12.2 Å². The standard InChI is InChI=1S/C18H26N4O6/c1-9(19)15(24)20-10(2)16(25)21-11(3)17(26)22-14(18(27)28)8-12-4-6-13(23)7-5-12/h4-7,9-11,14,23H,8,19H2,1-3H3,(H,20,24)(H,21,25)(H,22,26)(H,27,28)/t9-,10-,11-,14-/m0/s1. The molecular weight excluding hydrogens is 368 g/mol. The first-order valence-electron chi connectivity index (χ1n) is 8.74. The molecule has 0 saturated carbocycles. The molecule has 0 saturated heterocycles. The van der Waals surface area contributed by atoms with Crippen molar-refractivity contribution < 1.29 is 35.1 Å². The van der Waals surface area contributed by atoms with E-state index in [1.165, 1.54) is 38.1 Å². The molecule has 1 aromatic carbocycles. The summed E-state index contributed by atoms with van der Waals surface area (Å²) in [5.74, 6) is -3.18. The number of benzene rings is 1. The second-order valence-corrected chi connectivity index (χ2v) is 6.61. The van der Waals surface area contributed by atoms with E-state index in [4.69, 9.17) is 0 Å². The zero-order valence-corrected chi connectivity index (χ0v) is 16.0. The number of phenolic OH excluding ortho intramolecular Hbond substituents is 1. The second-order valence-electron chi connectivity index (χ2n) is 6.61. The van der Waals surface area contributed by atoms with Gasteiger partial charge >= 0.3 is 0 Å². The average Bonchev–Trinajstić information content (AvgIpc) is 2.62. The zero-order chi connectivity index (χ0) is 21.4. The van der Waals surface area contributed by atoms with Gasteiger partial charge in [-0.1, -0.05) is 12.1 Å². The minimum Gasteiger partial charge on any atom is -0.548 e. The number of aliphatic carboxylic acids is 1. The van der Waals surface area contributed by atoms with Crippen LogP contribution in [0.1, 0.15) is 26.3 Å². The van der Waals surface area contributed by atoms with E-state index in [1.54, 1.807) is 6.92 Å². The minimum atomic E-state index is -1.48. The number of carboxylic acid groups (broad SMARTS) is 1. The van der Waals surface area contributed by atoms with Crippen molar-refractivity contribution in [3.8, 4) is 5.75 Å². The van der Waals surface area contributed by atoms with Crippen molar-refractivity contribution in [2.75, 3.05) is 0 Å². The van der Waals surface area contributed by atoms with Crippen LogP contribution in [0.25, 0.3) is 0 Å². The Labute approximate surface area is 162 Å². The number of carbonyl (C=O) groups excluding carboxylic acids is 4. The average molecular weight is 394 g/mol. The molecule has 0 heterocycles. The van der Waals surface area contributed by atoms with Gasteiger partial charge in [-0.2, -0.15) is 0 Å². The molecule has 0 spiro atoms. The Morgan fingerprint density at radius 3 is 1.86 bits per heavy atom. The van der Waals surface area contributed by atoms with E-state index in [0.717, 1.165) is 0 Å². The van der Waals surface area contributed by atoms with Crippen LogP contribution in [-0.4, -0.2) is 53.0 Å². The zero-order valence-electron chi connectivity index (χ0n) is 16.0. The SMILES string of the molecule is C[C@H]([NH3+])C(=O)N[C@@H](C)C(=O)N[C@@H](C)C(=O)N[C@@H](Cc1ccc(O)cc1)C(=O)[O-]. The predicted octanol–water partition coefficient (Wildman–Crippen LogP) is -3.19. The van der Waals surface area contributed by atoms with E-state index in [2.05, 4.69) is 21.7 Å². The molecule has 154 valence electrons. The van der Waals surface area contributed by atoms with E-state index < -0.39 is 47.9 Å². The molecule has 28 heavy (non-hydrogen) atoms. The molecular formula is C18H26N4O6. The Morgan fingerprint density at radius 2 is 1.39 bits per heavy atom. The molecule has 0 unspecified atom stereocenters. The number of amides is 3. The van der Waals surface area contributed by atoms with E-state index in [0.29, 0.717) is 5.56 Å². The third-order valence-electron chi connectivity index (χ3n) is 3.93. The van der Waals surface area contributed by atoms with Crippen molar-refractivity contribution in [2.24, 2.45) is 0 Å².